The van der Waals surface area contributed by atoms with Gasteiger partial charge in [-0.1, -0.05) is 12.1 Å². The Hall–Kier alpha value is -0.630. The summed E-state index contributed by atoms with van der Waals surface area (Å²) < 4.78 is 42.5. The third-order valence-corrected chi connectivity index (χ3v) is 4.02. The van der Waals surface area contributed by atoms with Gasteiger partial charge in [0.1, 0.15) is 18.5 Å². The summed E-state index contributed by atoms with van der Waals surface area (Å²) in [5.41, 5.74) is -0.0969. The van der Waals surface area contributed by atoms with Gasteiger partial charge in [-0.3, -0.25) is 4.90 Å². The average Bonchev–Trinajstić information content (AvgIpc) is 2.45. The Morgan fingerprint density at radius 3 is 2.60 bits per heavy atom. The number of piperazine rings is 1. The molecule has 1 saturated heterocycles. The third kappa shape index (κ3) is 3.16. The third-order valence-electron chi connectivity index (χ3n) is 3.40. The molecule has 0 aliphatic carbocycles. The van der Waals surface area contributed by atoms with E-state index < -0.39 is 24.4 Å². The fourth-order valence-electron chi connectivity index (χ4n) is 2.45. The van der Waals surface area contributed by atoms with E-state index in [-0.39, 0.29) is 10.0 Å². The molecule has 20 heavy (non-hydrogen) atoms. The minimum atomic E-state index is -3.40. The lowest BCUT2D eigenvalue weighted by Gasteiger charge is -2.38. The Kier molecular flexibility index (Phi) is 5.06. The predicted octanol–water partition coefficient (Wildman–Crippen LogP) is 2.16. The van der Waals surface area contributed by atoms with Crippen molar-refractivity contribution in [2.45, 2.75) is 12.0 Å². The number of aliphatic hydroxyl groups is 1. The molecular weight excluding hydrogens is 337 g/mol. The molecule has 7 heteroatoms. The summed E-state index contributed by atoms with van der Waals surface area (Å²) in [4.78, 5) is 1.51. The van der Waals surface area contributed by atoms with Gasteiger partial charge in [0.05, 0.1) is 4.47 Å². The molecule has 0 aromatic heterocycles. The maximum absolute atomic E-state index is 14.2. The molecule has 0 radical (unpaired) electrons. The highest BCUT2D eigenvalue weighted by atomic mass is 79.9. The van der Waals surface area contributed by atoms with E-state index in [1.807, 2.05) is 0 Å². The van der Waals surface area contributed by atoms with Crippen molar-refractivity contribution >= 4 is 15.9 Å². The van der Waals surface area contributed by atoms with Gasteiger partial charge in [0.2, 0.25) is 0 Å². The molecule has 2 rings (SSSR count). The van der Waals surface area contributed by atoms with Crippen LogP contribution in [0.4, 0.5) is 13.2 Å². The molecule has 2 N–H and O–H groups in total. The highest BCUT2D eigenvalue weighted by Crippen LogP contribution is 2.38. The number of rotatable bonds is 4. The van der Waals surface area contributed by atoms with E-state index >= 15 is 0 Å². The summed E-state index contributed by atoms with van der Waals surface area (Å²) >= 11 is 3.01. The smallest absolute Gasteiger partial charge is 0.290 e. The van der Waals surface area contributed by atoms with Crippen molar-refractivity contribution in [1.82, 2.24) is 10.2 Å². The van der Waals surface area contributed by atoms with Crippen LogP contribution in [-0.4, -0.2) is 48.7 Å². The van der Waals surface area contributed by atoms with Gasteiger partial charge >= 0.3 is 0 Å². The molecule has 1 aromatic carbocycles. The zero-order valence-corrected chi connectivity index (χ0v) is 12.3. The fraction of sp³-hybridized carbons (Fsp3) is 0.538. The Bertz CT molecular complexity index is 467. The second-order valence-corrected chi connectivity index (χ2v) is 5.61. The van der Waals surface area contributed by atoms with E-state index in [9.17, 15) is 13.2 Å². The minimum absolute atomic E-state index is 0.0969. The standard InChI is InChI=1S/C13H16BrF3N2O/c14-10-3-1-2-9(11(10)15)12(13(16,17)8-20)19-6-4-18-5-7-19/h1-3,12,18,20H,4-8H2/t12-/m1/s1. The molecule has 0 unspecified atom stereocenters. The van der Waals surface area contributed by atoms with Gasteiger partial charge < -0.3 is 10.4 Å². The van der Waals surface area contributed by atoms with E-state index in [0.717, 1.165) is 0 Å². The maximum atomic E-state index is 14.2. The number of hydrogen-bond acceptors (Lipinski definition) is 3. The van der Waals surface area contributed by atoms with E-state index in [2.05, 4.69) is 21.2 Å². The van der Waals surface area contributed by atoms with Crippen LogP contribution in [0.3, 0.4) is 0 Å². The summed E-state index contributed by atoms with van der Waals surface area (Å²) in [5.74, 6) is -4.11. The SMILES string of the molecule is OCC(F)(F)[C@@H](c1cccc(Br)c1F)N1CCNCC1. The van der Waals surface area contributed by atoms with E-state index in [0.29, 0.717) is 26.2 Å². The molecule has 0 amide bonds. The first-order chi connectivity index (χ1) is 9.47. The van der Waals surface area contributed by atoms with Crippen molar-refractivity contribution < 1.29 is 18.3 Å². The maximum Gasteiger partial charge on any atom is 0.290 e. The molecule has 1 atom stereocenters. The Morgan fingerprint density at radius 2 is 2.00 bits per heavy atom. The van der Waals surface area contributed by atoms with Crippen LogP contribution in [-0.2, 0) is 0 Å². The lowest BCUT2D eigenvalue weighted by atomic mass is 9.97. The zero-order valence-electron chi connectivity index (χ0n) is 10.8. The summed E-state index contributed by atoms with van der Waals surface area (Å²) in [7, 11) is 0. The lowest BCUT2D eigenvalue weighted by molar-refractivity contribution is -0.119. The van der Waals surface area contributed by atoms with Crippen LogP contribution in [0.15, 0.2) is 22.7 Å². The van der Waals surface area contributed by atoms with Crippen molar-refractivity contribution in [3.8, 4) is 0 Å². The van der Waals surface area contributed by atoms with Crippen molar-refractivity contribution in [2.75, 3.05) is 32.8 Å². The Labute approximate surface area is 123 Å². The van der Waals surface area contributed by atoms with E-state index in [1.165, 1.54) is 23.1 Å². The lowest BCUT2D eigenvalue weighted by Crippen LogP contribution is -2.51. The number of halogens is 4. The van der Waals surface area contributed by atoms with E-state index in [1.54, 1.807) is 0 Å². The van der Waals surface area contributed by atoms with Gasteiger partial charge in [-0.15, -0.1) is 0 Å². The number of nitrogens with one attached hydrogen (secondary N) is 1. The van der Waals surface area contributed by atoms with Crippen molar-refractivity contribution in [3.63, 3.8) is 0 Å². The quantitative estimate of drug-likeness (QED) is 0.871. The number of alkyl halides is 2. The Morgan fingerprint density at radius 1 is 1.35 bits per heavy atom. The van der Waals surface area contributed by atoms with Crippen molar-refractivity contribution in [2.24, 2.45) is 0 Å². The number of hydrogen-bond donors (Lipinski definition) is 2. The summed E-state index contributed by atoms with van der Waals surface area (Å²) in [5, 5.41) is 12.1. The van der Waals surface area contributed by atoms with Crippen LogP contribution in [0, 0.1) is 5.82 Å². The van der Waals surface area contributed by atoms with Crippen molar-refractivity contribution in [1.29, 1.82) is 0 Å². The molecule has 3 nitrogen and oxygen atoms in total. The van der Waals surface area contributed by atoms with Crippen LogP contribution in [0.2, 0.25) is 0 Å². The summed E-state index contributed by atoms with van der Waals surface area (Å²) in [6, 6.07) is 2.86. The minimum Gasteiger partial charge on any atom is -0.390 e. The first-order valence-corrected chi connectivity index (χ1v) is 7.14. The van der Waals surface area contributed by atoms with Crippen LogP contribution >= 0.6 is 15.9 Å². The zero-order chi connectivity index (χ0) is 14.8. The Balaban J connectivity index is 2.42. The van der Waals surface area contributed by atoms with Crippen LogP contribution < -0.4 is 5.32 Å². The van der Waals surface area contributed by atoms with Gasteiger partial charge in [-0.25, -0.2) is 13.2 Å². The number of aliphatic hydroxyl groups excluding tert-OH is 1. The van der Waals surface area contributed by atoms with Crippen molar-refractivity contribution in [3.05, 3.63) is 34.1 Å². The summed E-state index contributed by atoms with van der Waals surface area (Å²) in [6.07, 6.45) is 0. The average molecular weight is 353 g/mol. The van der Waals surface area contributed by atoms with Gasteiger partial charge in [0, 0.05) is 31.7 Å². The number of nitrogens with zero attached hydrogens (tertiary/aromatic N) is 1. The molecule has 0 spiro atoms. The first kappa shape index (κ1) is 15.8. The molecule has 1 aliphatic heterocycles. The summed E-state index contributed by atoms with van der Waals surface area (Å²) in [6.45, 7) is 0.577. The van der Waals surface area contributed by atoms with E-state index in [4.69, 9.17) is 5.11 Å². The number of benzene rings is 1. The van der Waals surface area contributed by atoms with Gasteiger partial charge in [0.25, 0.3) is 5.92 Å². The van der Waals surface area contributed by atoms with Crippen LogP contribution in [0.5, 0.6) is 0 Å². The molecule has 1 fully saturated rings. The topological polar surface area (TPSA) is 35.5 Å². The molecule has 1 aromatic rings. The molecule has 0 bridgehead atoms. The molecule has 0 saturated carbocycles. The predicted molar refractivity (Wildman–Crippen MR) is 73.3 cm³/mol. The molecule has 112 valence electrons. The normalized spacial score (nSPS) is 19.1. The monoisotopic (exact) mass is 352 g/mol. The second-order valence-electron chi connectivity index (χ2n) is 4.75. The van der Waals surface area contributed by atoms with Gasteiger partial charge in [0.15, 0.2) is 0 Å². The molecule has 1 aliphatic rings. The van der Waals surface area contributed by atoms with Crippen LogP contribution in [0.25, 0.3) is 0 Å². The fourth-order valence-corrected chi connectivity index (χ4v) is 2.83. The first-order valence-electron chi connectivity index (χ1n) is 6.34. The largest absolute Gasteiger partial charge is 0.390 e. The van der Waals surface area contributed by atoms with Gasteiger partial charge in [-0.05, 0) is 22.0 Å². The van der Waals surface area contributed by atoms with Crippen LogP contribution in [0.1, 0.15) is 11.6 Å². The molecular formula is C13H16BrF3N2O. The second kappa shape index (κ2) is 6.43. The highest BCUT2D eigenvalue weighted by molar-refractivity contribution is 9.10. The molecule has 1 heterocycles. The highest BCUT2D eigenvalue weighted by Gasteiger charge is 2.45. The van der Waals surface area contributed by atoms with Gasteiger partial charge in [-0.2, -0.15) is 0 Å².